The highest BCUT2D eigenvalue weighted by Gasteiger charge is 2.33. The number of carbonyl (C=O) groups excluding carboxylic acids is 1. The third-order valence-electron chi connectivity index (χ3n) is 3.68. The van der Waals surface area contributed by atoms with E-state index in [0.717, 1.165) is 24.8 Å². The highest BCUT2D eigenvalue weighted by Crippen LogP contribution is 2.24. The number of amides is 1. The van der Waals surface area contributed by atoms with Crippen molar-refractivity contribution in [2.24, 2.45) is 0 Å². The molecule has 130 valence electrons. The third kappa shape index (κ3) is 5.82. The number of pyridine rings is 1. The van der Waals surface area contributed by atoms with Gasteiger partial charge in [0.25, 0.3) is 5.91 Å². The Morgan fingerprint density at radius 1 is 1.30 bits per heavy atom. The lowest BCUT2D eigenvalue weighted by Gasteiger charge is -2.28. The Bertz CT molecular complexity index is 495. The van der Waals surface area contributed by atoms with Crippen LogP contribution in [0.3, 0.4) is 0 Å². The summed E-state index contributed by atoms with van der Waals surface area (Å²) in [6.07, 6.45) is 5.20. The van der Waals surface area contributed by atoms with E-state index in [0.29, 0.717) is 31.2 Å². The normalized spacial score (nSPS) is 13.4. The van der Waals surface area contributed by atoms with Crippen LogP contribution < -0.4 is 10.1 Å². The largest absolute Gasteiger partial charge is 0.478 e. The maximum atomic E-state index is 12.7. The highest BCUT2D eigenvalue weighted by atomic mass is 16.5. The minimum absolute atomic E-state index is 0.121. The Morgan fingerprint density at radius 3 is 2.61 bits per heavy atom. The van der Waals surface area contributed by atoms with Crippen molar-refractivity contribution in [2.45, 2.75) is 65.9 Å². The van der Waals surface area contributed by atoms with E-state index in [1.807, 2.05) is 33.8 Å². The van der Waals surface area contributed by atoms with Gasteiger partial charge in [-0.2, -0.15) is 0 Å². The van der Waals surface area contributed by atoms with Crippen molar-refractivity contribution in [1.29, 1.82) is 0 Å². The Balaban J connectivity index is 2.82. The molecule has 0 fully saturated rings. The minimum Gasteiger partial charge on any atom is -0.478 e. The number of hydrogen-bond acceptors (Lipinski definition) is 4. The molecule has 0 spiro atoms. The van der Waals surface area contributed by atoms with Crippen LogP contribution >= 0.6 is 0 Å². The number of anilines is 1. The predicted molar refractivity (Wildman–Crippen MR) is 92.9 cm³/mol. The summed E-state index contributed by atoms with van der Waals surface area (Å²) < 4.78 is 11.3. The molecule has 1 amide bonds. The molecule has 0 aliphatic carbocycles. The van der Waals surface area contributed by atoms with E-state index < -0.39 is 5.60 Å². The van der Waals surface area contributed by atoms with Gasteiger partial charge in [0.15, 0.2) is 0 Å². The lowest BCUT2D eigenvalue weighted by molar-refractivity contribution is -0.140. The van der Waals surface area contributed by atoms with Crippen molar-refractivity contribution in [3.63, 3.8) is 0 Å². The molecule has 0 radical (unpaired) electrons. The smallest absolute Gasteiger partial charge is 0.256 e. The number of carbonyl (C=O) groups is 1. The number of rotatable bonds is 10. The fourth-order valence-corrected chi connectivity index (χ4v) is 2.27. The van der Waals surface area contributed by atoms with Crippen molar-refractivity contribution < 1.29 is 14.3 Å². The molecule has 0 saturated carbocycles. The SMILES string of the molecule is CCCC[C@](C)(OCCC)C(=O)Nc1cnc(OCC)c(C)c1. The van der Waals surface area contributed by atoms with E-state index in [-0.39, 0.29) is 5.91 Å². The van der Waals surface area contributed by atoms with E-state index >= 15 is 0 Å². The monoisotopic (exact) mass is 322 g/mol. The van der Waals surface area contributed by atoms with Crippen LogP contribution in [0.5, 0.6) is 5.88 Å². The van der Waals surface area contributed by atoms with Crippen molar-refractivity contribution in [3.8, 4) is 5.88 Å². The number of aryl methyl sites for hydroxylation is 1. The third-order valence-corrected chi connectivity index (χ3v) is 3.68. The van der Waals surface area contributed by atoms with Crippen LogP contribution in [0.2, 0.25) is 0 Å². The molecule has 1 aromatic rings. The average molecular weight is 322 g/mol. The fourth-order valence-electron chi connectivity index (χ4n) is 2.27. The fraction of sp³-hybridized carbons (Fsp3) is 0.667. The van der Waals surface area contributed by atoms with Gasteiger partial charge in [0.1, 0.15) is 5.60 Å². The number of unbranched alkanes of at least 4 members (excludes halogenated alkanes) is 1. The standard InChI is InChI=1S/C18H30N2O3/c1-6-9-10-18(5,23-11-7-2)17(21)20-15-12-14(4)16(19-13-15)22-8-3/h12-13H,6-11H2,1-5H3,(H,20,21)/t18-/m0/s1. The summed E-state index contributed by atoms with van der Waals surface area (Å²) in [7, 11) is 0. The zero-order valence-electron chi connectivity index (χ0n) is 15.1. The van der Waals surface area contributed by atoms with Gasteiger partial charge in [0.2, 0.25) is 5.88 Å². The maximum absolute atomic E-state index is 12.7. The van der Waals surface area contributed by atoms with Gasteiger partial charge < -0.3 is 14.8 Å². The summed E-state index contributed by atoms with van der Waals surface area (Å²) >= 11 is 0. The number of aromatic nitrogens is 1. The second-order valence-electron chi connectivity index (χ2n) is 5.92. The zero-order valence-corrected chi connectivity index (χ0v) is 15.1. The Hall–Kier alpha value is -1.62. The van der Waals surface area contributed by atoms with Crippen LogP contribution in [-0.2, 0) is 9.53 Å². The molecule has 1 heterocycles. The summed E-state index contributed by atoms with van der Waals surface area (Å²) in [6.45, 7) is 11.0. The first-order chi connectivity index (χ1) is 11.0. The molecule has 0 saturated heterocycles. The second kappa shape index (κ2) is 9.50. The van der Waals surface area contributed by atoms with Gasteiger partial charge in [0.05, 0.1) is 18.5 Å². The van der Waals surface area contributed by atoms with Gasteiger partial charge in [0, 0.05) is 12.2 Å². The maximum Gasteiger partial charge on any atom is 0.256 e. The van der Waals surface area contributed by atoms with Gasteiger partial charge >= 0.3 is 0 Å². The number of nitrogens with zero attached hydrogens (tertiary/aromatic N) is 1. The van der Waals surface area contributed by atoms with Gasteiger partial charge in [-0.3, -0.25) is 4.79 Å². The molecule has 1 N–H and O–H groups in total. The number of ether oxygens (including phenoxy) is 2. The molecule has 23 heavy (non-hydrogen) atoms. The summed E-state index contributed by atoms with van der Waals surface area (Å²) in [4.78, 5) is 16.9. The Labute approximate surface area is 139 Å². The van der Waals surface area contributed by atoms with E-state index in [1.54, 1.807) is 6.20 Å². The predicted octanol–water partition coefficient (Wildman–Crippen LogP) is 4.10. The van der Waals surface area contributed by atoms with Crippen LogP contribution in [0.4, 0.5) is 5.69 Å². The van der Waals surface area contributed by atoms with E-state index in [2.05, 4.69) is 17.2 Å². The summed E-state index contributed by atoms with van der Waals surface area (Å²) in [5.74, 6) is 0.478. The van der Waals surface area contributed by atoms with E-state index in [9.17, 15) is 4.79 Å². The van der Waals surface area contributed by atoms with Crippen LogP contribution in [0, 0.1) is 6.92 Å². The van der Waals surface area contributed by atoms with E-state index in [1.165, 1.54) is 0 Å². The lowest BCUT2D eigenvalue weighted by atomic mass is 9.97. The summed E-state index contributed by atoms with van der Waals surface area (Å²) in [5.41, 5.74) is 0.756. The molecule has 1 rings (SSSR count). The van der Waals surface area contributed by atoms with Crippen LogP contribution in [0.1, 0.15) is 58.9 Å². The van der Waals surface area contributed by atoms with Crippen molar-refractivity contribution in [1.82, 2.24) is 4.98 Å². The Morgan fingerprint density at radius 2 is 2.04 bits per heavy atom. The molecule has 0 bridgehead atoms. The molecular weight excluding hydrogens is 292 g/mol. The number of nitrogens with one attached hydrogen (secondary N) is 1. The molecule has 1 aromatic heterocycles. The van der Waals surface area contributed by atoms with Crippen molar-refractivity contribution in [3.05, 3.63) is 17.8 Å². The molecule has 1 atom stereocenters. The lowest BCUT2D eigenvalue weighted by Crippen LogP contribution is -2.43. The first kappa shape index (κ1) is 19.4. The summed E-state index contributed by atoms with van der Waals surface area (Å²) in [5, 5.41) is 2.93. The first-order valence-electron chi connectivity index (χ1n) is 8.51. The molecule has 0 unspecified atom stereocenters. The highest BCUT2D eigenvalue weighted by molar-refractivity contribution is 5.97. The van der Waals surface area contributed by atoms with Crippen LogP contribution in [0.15, 0.2) is 12.3 Å². The van der Waals surface area contributed by atoms with Crippen molar-refractivity contribution >= 4 is 11.6 Å². The average Bonchev–Trinajstić information content (AvgIpc) is 2.53. The minimum atomic E-state index is -0.807. The zero-order chi connectivity index (χ0) is 17.3. The summed E-state index contributed by atoms with van der Waals surface area (Å²) in [6, 6.07) is 1.87. The van der Waals surface area contributed by atoms with Crippen LogP contribution in [-0.4, -0.2) is 29.7 Å². The molecule has 0 aliphatic rings. The van der Waals surface area contributed by atoms with E-state index in [4.69, 9.17) is 9.47 Å². The van der Waals surface area contributed by atoms with Gasteiger partial charge in [-0.15, -0.1) is 0 Å². The van der Waals surface area contributed by atoms with Gasteiger partial charge in [-0.1, -0.05) is 26.7 Å². The molecule has 0 aliphatic heterocycles. The number of hydrogen-bond donors (Lipinski definition) is 1. The molecular formula is C18H30N2O3. The van der Waals surface area contributed by atoms with Crippen LogP contribution in [0.25, 0.3) is 0 Å². The Kier molecular flexibility index (Phi) is 8.03. The first-order valence-corrected chi connectivity index (χ1v) is 8.51. The van der Waals surface area contributed by atoms with Gasteiger partial charge in [-0.05, 0) is 39.7 Å². The molecule has 0 aromatic carbocycles. The quantitative estimate of drug-likeness (QED) is 0.704. The molecule has 5 heteroatoms. The topological polar surface area (TPSA) is 60.5 Å². The van der Waals surface area contributed by atoms with Gasteiger partial charge in [-0.25, -0.2) is 4.98 Å². The molecule has 5 nitrogen and oxygen atoms in total. The second-order valence-corrected chi connectivity index (χ2v) is 5.92. The van der Waals surface area contributed by atoms with Crippen molar-refractivity contribution in [2.75, 3.05) is 18.5 Å².